The summed E-state index contributed by atoms with van der Waals surface area (Å²) in [7, 11) is 0. The van der Waals surface area contributed by atoms with E-state index < -0.39 is 5.97 Å². The van der Waals surface area contributed by atoms with Gasteiger partial charge in [-0.25, -0.2) is 4.98 Å². The van der Waals surface area contributed by atoms with Gasteiger partial charge in [-0.3, -0.25) is 9.59 Å². The standard InChI is InChI=1S/C13H11ClN2O3S/c14-9-3-1-2-8(4-9)5-11(17)16-13-15-10(7-20-13)6-12(18)19/h1-4,7H,5-6H2,(H,18,19)(H,15,16,17). The minimum Gasteiger partial charge on any atom is -0.481 e. The number of amides is 1. The van der Waals surface area contributed by atoms with Crippen LogP contribution in [-0.2, 0) is 22.4 Å². The fraction of sp³-hybridized carbons (Fsp3) is 0.154. The summed E-state index contributed by atoms with van der Waals surface area (Å²) >= 11 is 7.04. The Hall–Kier alpha value is -1.92. The van der Waals surface area contributed by atoms with Crippen LogP contribution in [0.3, 0.4) is 0 Å². The zero-order chi connectivity index (χ0) is 14.5. The number of anilines is 1. The van der Waals surface area contributed by atoms with Crippen LogP contribution in [0, 0.1) is 0 Å². The molecule has 1 heterocycles. The molecule has 1 aromatic heterocycles. The van der Waals surface area contributed by atoms with Gasteiger partial charge in [0.05, 0.1) is 18.5 Å². The number of carbonyl (C=O) groups excluding carboxylic acids is 1. The number of rotatable bonds is 5. The molecule has 7 heteroatoms. The molecule has 0 unspecified atom stereocenters. The molecular formula is C13H11ClN2O3S. The summed E-state index contributed by atoms with van der Waals surface area (Å²) in [4.78, 5) is 26.4. The maximum atomic E-state index is 11.8. The maximum absolute atomic E-state index is 11.8. The second kappa shape index (κ2) is 6.49. The van der Waals surface area contributed by atoms with Gasteiger partial charge in [-0.2, -0.15) is 0 Å². The number of halogens is 1. The van der Waals surface area contributed by atoms with Crippen LogP contribution in [0.5, 0.6) is 0 Å². The Morgan fingerprint density at radius 2 is 2.15 bits per heavy atom. The van der Waals surface area contributed by atoms with Gasteiger partial charge in [0.2, 0.25) is 5.91 Å². The highest BCUT2D eigenvalue weighted by molar-refractivity contribution is 7.13. The number of nitrogens with one attached hydrogen (secondary N) is 1. The molecule has 104 valence electrons. The van der Waals surface area contributed by atoms with Gasteiger partial charge in [0.15, 0.2) is 5.13 Å². The predicted molar refractivity (Wildman–Crippen MR) is 77.2 cm³/mol. The van der Waals surface area contributed by atoms with E-state index in [1.807, 2.05) is 6.07 Å². The molecule has 5 nitrogen and oxygen atoms in total. The van der Waals surface area contributed by atoms with Crippen LogP contribution in [-0.4, -0.2) is 22.0 Å². The van der Waals surface area contributed by atoms with Crippen LogP contribution in [0.2, 0.25) is 5.02 Å². The summed E-state index contributed by atoms with van der Waals surface area (Å²) < 4.78 is 0. The van der Waals surface area contributed by atoms with Crippen molar-refractivity contribution in [3.8, 4) is 0 Å². The molecule has 0 fully saturated rings. The van der Waals surface area contributed by atoms with Crippen LogP contribution in [0.25, 0.3) is 0 Å². The van der Waals surface area contributed by atoms with Crippen molar-refractivity contribution in [3.63, 3.8) is 0 Å². The molecule has 0 aliphatic rings. The van der Waals surface area contributed by atoms with E-state index in [1.54, 1.807) is 23.6 Å². The first-order chi connectivity index (χ1) is 9.52. The molecule has 2 aromatic rings. The number of carboxylic acid groups (broad SMARTS) is 1. The van der Waals surface area contributed by atoms with Crippen LogP contribution in [0.4, 0.5) is 5.13 Å². The highest BCUT2D eigenvalue weighted by atomic mass is 35.5. The Labute approximate surface area is 124 Å². The van der Waals surface area contributed by atoms with Gasteiger partial charge < -0.3 is 10.4 Å². The summed E-state index contributed by atoms with van der Waals surface area (Å²) in [6, 6.07) is 7.04. The van der Waals surface area contributed by atoms with E-state index in [4.69, 9.17) is 16.7 Å². The molecule has 0 aliphatic carbocycles. The number of hydrogen-bond acceptors (Lipinski definition) is 4. The molecule has 2 rings (SSSR count). The molecule has 0 saturated heterocycles. The monoisotopic (exact) mass is 310 g/mol. The Balaban J connectivity index is 1.94. The number of hydrogen-bond donors (Lipinski definition) is 2. The van der Waals surface area contributed by atoms with E-state index >= 15 is 0 Å². The predicted octanol–water partition coefficient (Wildman–Crippen LogP) is 2.60. The molecule has 0 bridgehead atoms. The average Bonchev–Trinajstić information content (AvgIpc) is 2.75. The van der Waals surface area contributed by atoms with Crippen LogP contribution < -0.4 is 5.32 Å². The minimum atomic E-state index is -0.952. The largest absolute Gasteiger partial charge is 0.481 e. The molecular weight excluding hydrogens is 300 g/mol. The number of nitrogens with zero attached hydrogens (tertiary/aromatic N) is 1. The molecule has 0 radical (unpaired) electrons. The third-order valence-corrected chi connectivity index (χ3v) is 3.43. The Kier molecular flexibility index (Phi) is 4.70. The van der Waals surface area contributed by atoms with Gasteiger partial charge in [0.1, 0.15) is 0 Å². The Morgan fingerprint density at radius 3 is 2.85 bits per heavy atom. The zero-order valence-corrected chi connectivity index (χ0v) is 11.9. The van der Waals surface area contributed by atoms with Crippen LogP contribution in [0.15, 0.2) is 29.6 Å². The van der Waals surface area contributed by atoms with E-state index in [1.165, 1.54) is 11.3 Å². The molecule has 1 amide bonds. The average molecular weight is 311 g/mol. The summed E-state index contributed by atoms with van der Waals surface area (Å²) in [5, 5.41) is 13.9. The van der Waals surface area contributed by atoms with Crippen LogP contribution >= 0.6 is 22.9 Å². The van der Waals surface area contributed by atoms with E-state index in [2.05, 4.69) is 10.3 Å². The molecule has 0 atom stereocenters. The number of aromatic nitrogens is 1. The summed E-state index contributed by atoms with van der Waals surface area (Å²) in [6.45, 7) is 0. The van der Waals surface area contributed by atoms with Crippen LogP contribution in [0.1, 0.15) is 11.3 Å². The van der Waals surface area contributed by atoms with Crippen molar-refractivity contribution in [2.24, 2.45) is 0 Å². The molecule has 2 N–H and O–H groups in total. The summed E-state index contributed by atoms with van der Waals surface area (Å²) in [5.41, 5.74) is 1.23. The van der Waals surface area contributed by atoms with Crippen molar-refractivity contribution in [3.05, 3.63) is 45.9 Å². The highest BCUT2D eigenvalue weighted by Gasteiger charge is 2.09. The smallest absolute Gasteiger partial charge is 0.309 e. The number of benzene rings is 1. The molecule has 0 saturated carbocycles. The quantitative estimate of drug-likeness (QED) is 0.889. The minimum absolute atomic E-state index is 0.152. The van der Waals surface area contributed by atoms with Crippen molar-refractivity contribution in [1.82, 2.24) is 4.98 Å². The lowest BCUT2D eigenvalue weighted by Crippen LogP contribution is -2.14. The fourth-order valence-corrected chi connectivity index (χ4v) is 2.54. The lowest BCUT2D eigenvalue weighted by atomic mass is 10.1. The third kappa shape index (κ3) is 4.32. The maximum Gasteiger partial charge on any atom is 0.309 e. The number of thiazole rings is 1. The highest BCUT2D eigenvalue weighted by Crippen LogP contribution is 2.17. The van der Waals surface area contributed by atoms with Gasteiger partial charge >= 0.3 is 5.97 Å². The van der Waals surface area contributed by atoms with Gasteiger partial charge in [0.25, 0.3) is 0 Å². The second-order valence-corrected chi connectivity index (χ2v) is 5.36. The van der Waals surface area contributed by atoms with Crippen molar-refractivity contribution < 1.29 is 14.7 Å². The second-order valence-electron chi connectivity index (χ2n) is 4.07. The Morgan fingerprint density at radius 1 is 1.35 bits per heavy atom. The van der Waals surface area contributed by atoms with Crippen molar-refractivity contribution in [2.45, 2.75) is 12.8 Å². The summed E-state index contributed by atoms with van der Waals surface area (Å²) in [5.74, 6) is -1.17. The van der Waals surface area contributed by atoms with E-state index in [0.717, 1.165) is 5.56 Å². The summed E-state index contributed by atoms with van der Waals surface area (Å²) in [6.07, 6.45) is 0.0368. The zero-order valence-electron chi connectivity index (χ0n) is 10.3. The molecule has 1 aromatic carbocycles. The van der Waals surface area contributed by atoms with E-state index in [0.29, 0.717) is 15.8 Å². The van der Waals surface area contributed by atoms with Gasteiger partial charge in [0, 0.05) is 10.4 Å². The van der Waals surface area contributed by atoms with Crippen molar-refractivity contribution in [1.29, 1.82) is 0 Å². The lowest BCUT2D eigenvalue weighted by molar-refractivity contribution is -0.136. The first-order valence-corrected chi connectivity index (χ1v) is 6.99. The normalized spacial score (nSPS) is 10.2. The molecule has 0 spiro atoms. The van der Waals surface area contributed by atoms with E-state index in [9.17, 15) is 9.59 Å². The Bertz CT molecular complexity index is 642. The topological polar surface area (TPSA) is 79.3 Å². The van der Waals surface area contributed by atoms with Gasteiger partial charge in [-0.15, -0.1) is 11.3 Å². The first kappa shape index (κ1) is 14.5. The first-order valence-electron chi connectivity index (χ1n) is 5.73. The molecule has 20 heavy (non-hydrogen) atoms. The number of carbonyl (C=O) groups is 2. The van der Waals surface area contributed by atoms with Gasteiger partial charge in [-0.1, -0.05) is 23.7 Å². The number of aliphatic carboxylic acids is 1. The van der Waals surface area contributed by atoms with Crippen molar-refractivity contribution in [2.75, 3.05) is 5.32 Å². The van der Waals surface area contributed by atoms with Crippen molar-refractivity contribution >= 4 is 39.9 Å². The van der Waals surface area contributed by atoms with Gasteiger partial charge in [-0.05, 0) is 17.7 Å². The SMILES string of the molecule is O=C(O)Cc1csc(NC(=O)Cc2cccc(Cl)c2)n1. The number of carboxylic acids is 1. The van der Waals surface area contributed by atoms with E-state index in [-0.39, 0.29) is 18.7 Å². The fourth-order valence-electron chi connectivity index (χ4n) is 1.60. The lowest BCUT2D eigenvalue weighted by Gasteiger charge is -2.02. The third-order valence-electron chi connectivity index (χ3n) is 2.38. The molecule has 0 aliphatic heterocycles.